The maximum absolute atomic E-state index is 3.95. The fourth-order valence-electron chi connectivity index (χ4n) is 7.04. The van der Waals surface area contributed by atoms with Crippen LogP contribution in [0.25, 0.3) is 77.2 Å². The van der Waals surface area contributed by atoms with Crippen LogP contribution in [0.2, 0.25) is 0 Å². The van der Waals surface area contributed by atoms with Crippen LogP contribution in [0, 0.1) is 0 Å². The molecule has 0 saturated carbocycles. The van der Waals surface area contributed by atoms with Crippen molar-refractivity contribution in [2.45, 2.75) is 0 Å². The quantitative estimate of drug-likeness (QED) is 0.181. The molecule has 2 aromatic heterocycles. The molecule has 0 N–H and O–H groups in total. The number of benzene rings is 7. The SMILES string of the molecule is Brc1cccc(-c2ccc3c(c2)c2ccccc2n3-c2ccccc2)c1-c1ccc2c(c1)c1ccccc1n2-c1ccccc1. The molecule has 3 heteroatoms. The first-order chi connectivity index (χ1) is 22.3. The Balaban J connectivity index is 1.26. The number of halogens is 1. The third-order valence-corrected chi connectivity index (χ3v) is 9.65. The summed E-state index contributed by atoms with van der Waals surface area (Å²) in [6, 6.07) is 59.0. The summed E-state index contributed by atoms with van der Waals surface area (Å²) in [6.07, 6.45) is 0. The van der Waals surface area contributed by atoms with Crippen molar-refractivity contribution >= 4 is 59.5 Å². The molecule has 0 aliphatic heterocycles. The fourth-order valence-corrected chi connectivity index (χ4v) is 7.63. The number of rotatable bonds is 4. The van der Waals surface area contributed by atoms with Crippen molar-refractivity contribution in [3.8, 4) is 33.6 Å². The number of hydrogen-bond acceptors (Lipinski definition) is 0. The Bertz CT molecular complexity index is 2540. The van der Waals surface area contributed by atoms with E-state index in [1.807, 2.05) is 0 Å². The number of para-hydroxylation sites is 4. The Labute approximate surface area is 269 Å². The van der Waals surface area contributed by atoms with Crippen LogP contribution in [0.15, 0.2) is 168 Å². The minimum Gasteiger partial charge on any atom is -0.309 e. The van der Waals surface area contributed by atoms with E-state index in [-0.39, 0.29) is 0 Å². The summed E-state index contributed by atoms with van der Waals surface area (Å²) in [4.78, 5) is 0. The zero-order valence-corrected chi connectivity index (χ0v) is 25.9. The summed E-state index contributed by atoms with van der Waals surface area (Å²) in [5.74, 6) is 0. The summed E-state index contributed by atoms with van der Waals surface area (Å²) in [5.41, 5.74) is 12.0. The lowest BCUT2D eigenvalue weighted by molar-refractivity contribution is 1.18. The Morgan fingerprint density at radius 3 is 1.40 bits per heavy atom. The molecule has 0 amide bonds. The van der Waals surface area contributed by atoms with Crippen LogP contribution in [0.5, 0.6) is 0 Å². The van der Waals surface area contributed by atoms with Crippen LogP contribution < -0.4 is 0 Å². The maximum Gasteiger partial charge on any atom is 0.0541 e. The molecule has 2 nitrogen and oxygen atoms in total. The number of hydrogen-bond donors (Lipinski definition) is 0. The topological polar surface area (TPSA) is 9.86 Å². The van der Waals surface area contributed by atoms with Gasteiger partial charge in [0.15, 0.2) is 0 Å². The van der Waals surface area contributed by atoms with E-state index in [9.17, 15) is 0 Å². The highest BCUT2D eigenvalue weighted by atomic mass is 79.9. The Hall–Kier alpha value is -5.38. The summed E-state index contributed by atoms with van der Waals surface area (Å²) in [5, 5.41) is 5.00. The Morgan fingerprint density at radius 2 is 0.822 bits per heavy atom. The van der Waals surface area contributed by atoms with Gasteiger partial charge in [0.25, 0.3) is 0 Å². The lowest BCUT2D eigenvalue weighted by atomic mass is 9.93. The standard InChI is InChI=1S/C42H27BrN2/c43-37-19-11-18-32(28-22-24-40-35(26-28)33-16-7-9-20-38(33)44(40)30-12-3-1-4-13-30)42(37)29-23-25-41-36(27-29)34-17-8-10-21-39(34)45(41)31-14-5-2-6-15-31/h1-27H. The molecular formula is C42H27BrN2. The molecule has 0 saturated heterocycles. The lowest BCUT2D eigenvalue weighted by Crippen LogP contribution is -1.93. The highest BCUT2D eigenvalue weighted by Crippen LogP contribution is 2.43. The highest BCUT2D eigenvalue weighted by molar-refractivity contribution is 9.10. The van der Waals surface area contributed by atoms with Crippen molar-refractivity contribution in [1.29, 1.82) is 0 Å². The summed E-state index contributed by atoms with van der Waals surface area (Å²) < 4.78 is 5.82. The van der Waals surface area contributed by atoms with E-state index in [0.29, 0.717) is 0 Å². The molecule has 45 heavy (non-hydrogen) atoms. The molecule has 0 fully saturated rings. The van der Waals surface area contributed by atoms with Gasteiger partial charge in [0.2, 0.25) is 0 Å². The van der Waals surface area contributed by atoms with Gasteiger partial charge in [-0.15, -0.1) is 0 Å². The van der Waals surface area contributed by atoms with E-state index in [0.717, 1.165) is 4.47 Å². The zero-order valence-electron chi connectivity index (χ0n) is 24.4. The molecule has 0 aliphatic carbocycles. The smallest absolute Gasteiger partial charge is 0.0541 e. The van der Waals surface area contributed by atoms with Gasteiger partial charge < -0.3 is 9.13 Å². The average molecular weight is 640 g/mol. The first-order valence-electron chi connectivity index (χ1n) is 15.2. The van der Waals surface area contributed by atoms with Crippen molar-refractivity contribution in [2.75, 3.05) is 0 Å². The molecular weight excluding hydrogens is 612 g/mol. The first-order valence-corrected chi connectivity index (χ1v) is 16.0. The van der Waals surface area contributed by atoms with E-state index in [2.05, 4.69) is 189 Å². The normalized spacial score (nSPS) is 11.7. The predicted octanol–water partition coefficient (Wildman–Crippen LogP) is 12.0. The van der Waals surface area contributed by atoms with Crippen LogP contribution in [0.4, 0.5) is 0 Å². The predicted molar refractivity (Wildman–Crippen MR) is 194 cm³/mol. The van der Waals surface area contributed by atoms with Gasteiger partial charge in [-0.3, -0.25) is 0 Å². The molecule has 0 atom stereocenters. The van der Waals surface area contributed by atoms with Gasteiger partial charge in [0.05, 0.1) is 22.1 Å². The van der Waals surface area contributed by atoms with Crippen molar-refractivity contribution in [3.63, 3.8) is 0 Å². The average Bonchev–Trinajstić information content (AvgIpc) is 3.61. The van der Waals surface area contributed by atoms with E-state index < -0.39 is 0 Å². The summed E-state index contributed by atoms with van der Waals surface area (Å²) in [7, 11) is 0. The monoisotopic (exact) mass is 638 g/mol. The third kappa shape index (κ3) is 4.08. The van der Waals surface area contributed by atoms with Crippen LogP contribution in [-0.4, -0.2) is 9.13 Å². The second-order valence-electron chi connectivity index (χ2n) is 11.5. The molecule has 9 aromatic rings. The molecule has 212 valence electrons. The molecule has 2 heterocycles. The molecule has 0 spiro atoms. The number of fused-ring (bicyclic) bond motifs is 6. The highest BCUT2D eigenvalue weighted by Gasteiger charge is 2.18. The maximum atomic E-state index is 3.95. The van der Waals surface area contributed by atoms with E-state index in [1.54, 1.807) is 0 Å². The Morgan fingerprint density at radius 1 is 0.356 bits per heavy atom. The van der Waals surface area contributed by atoms with Crippen LogP contribution in [-0.2, 0) is 0 Å². The van der Waals surface area contributed by atoms with Crippen molar-refractivity contribution in [2.24, 2.45) is 0 Å². The summed E-state index contributed by atoms with van der Waals surface area (Å²) in [6.45, 7) is 0. The largest absolute Gasteiger partial charge is 0.309 e. The zero-order chi connectivity index (χ0) is 29.9. The second kappa shape index (κ2) is 10.4. The molecule has 0 radical (unpaired) electrons. The van der Waals surface area contributed by atoms with Crippen molar-refractivity contribution < 1.29 is 0 Å². The minimum absolute atomic E-state index is 1.08. The van der Waals surface area contributed by atoms with Gasteiger partial charge in [0.1, 0.15) is 0 Å². The van der Waals surface area contributed by atoms with Crippen LogP contribution in [0.3, 0.4) is 0 Å². The van der Waals surface area contributed by atoms with Gasteiger partial charge in [-0.2, -0.15) is 0 Å². The molecule has 0 aliphatic rings. The number of nitrogens with zero attached hydrogens (tertiary/aromatic N) is 2. The molecule has 0 unspecified atom stereocenters. The van der Waals surface area contributed by atoms with Gasteiger partial charge in [-0.05, 0) is 83.4 Å². The van der Waals surface area contributed by atoms with Gasteiger partial charge in [-0.25, -0.2) is 0 Å². The van der Waals surface area contributed by atoms with Crippen LogP contribution in [0.1, 0.15) is 0 Å². The summed E-state index contributed by atoms with van der Waals surface area (Å²) >= 11 is 3.95. The van der Waals surface area contributed by atoms with E-state index >= 15 is 0 Å². The molecule has 7 aromatic carbocycles. The van der Waals surface area contributed by atoms with Crippen molar-refractivity contribution in [1.82, 2.24) is 9.13 Å². The minimum atomic E-state index is 1.08. The second-order valence-corrected chi connectivity index (χ2v) is 12.4. The van der Waals surface area contributed by atoms with E-state index in [4.69, 9.17) is 0 Å². The van der Waals surface area contributed by atoms with Gasteiger partial charge in [0, 0.05) is 43.0 Å². The van der Waals surface area contributed by atoms with Gasteiger partial charge >= 0.3 is 0 Å². The Kier molecular flexibility index (Phi) is 6.00. The fraction of sp³-hybridized carbons (Fsp3) is 0. The van der Waals surface area contributed by atoms with Crippen molar-refractivity contribution in [3.05, 3.63) is 168 Å². The first kappa shape index (κ1) is 26.1. The number of aromatic nitrogens is 2. The third-order valence-electron chi connectivity index (χ3n) is 8.99. The lowest BCUT2D eigenvalue weighted by Gasteiger charge is -2.14. The molecule has 9 rings (SSSR count). The van der Waals surface area contributed by atoms with Crippen LogP contribution >= 0.6 is 15.9 Å². The van der Waals surface area contributed by atoms with Gasteiger partial charge in [-0.1, -0.05) is 113 Å². The molecule has 0 bridgehead atoms. The van der Waals surface area contributed by atoms with E-state index in [1.165, 1.54) is 77.2 Å².